The summed E-state index contributed by atoms with van der Waals surface area (Å²) in [4.78, 5) is 11.9. The molecule has 4 nitrogen and oxygen atoms in total. The van der Waals surface area contributed by atoms with Crippen LogP contribution in [0.5, 0.6) is 0 Å². The SMILES string of the molecule is NCC#Cc1cc(F)ccc1NC(=O)Nc1ccccc1. The average molecular weight is 283 g/mol. The summed E-state index contributed by atoms with van der Waals surface area (Å²) in [5.41, 5.74) is 6.76. The van der Waals surface area contributed by atoms with Gasteiger partial charge in [-0.1, -0.05) is 30.0 Å². The van der Waals surface area contributed by atoms with Crippen molar-refractivity contribution in [2.45, 2.75) is 0 Å². The number of urea groups is 1. The fraction of sp³-hybridized carbons (Fsp3) is 0.0625. The zero-order valence-corrected chi connectivity index (χ0v) is 11.2. The fourth-order valence-corrected chi connectivity index (χ4v) is 1.68. The molecule has 106 valence electrons. The van der Waals surface area contributed by atoms with E-state index in [0.29, 0.717) is 16.9 Å². The number of anilines is 2. The van der Waals surface area contributed by atoms with Crippen molar-refractivity contribution in [3.05, 3.63) is 59.9 Å². The Balaban J connectivity index is 2.13. The Hall–Kier alpha value is -2.84. The predicted molar refractivity (Wildman–Crippen MR) is 81.4 cm³/mol. The number of amides is 2. The van der Waals surface area contributed by atoms with Crippen molar-refractivity contribution in [1.82, 2.24) is 0 Å². The first-order chi connectivity index (χ1) is 10.2. The molecular weight excluding hydrogens is 269 g/mol. The highest BCUT2D eigenvalue weighted by Crippen LogP contribution is 2.16. The van der Waals surface area contributed by atoms with E-state index < -0.39 is 11.8 Å². The first-order valence-corrected chi connectivity index (χ1v) is 6.30. The highest BCUT2D eigenvalue weighted by atomic mass is 19.1. The molecule has 2 aromatic rings. The topological polar surface area (TPSA) is 67.1 Å². The lowest BCUT2D eigenvalue weighted by Gasteiger charge is -2.09. The normalized spacial score (nSPS) is 9.43. The third kappa shape index (κ3) is 4.34. The van der Waals surface area contributed by atoms with Gasteiger partial charge in [-0.2, -0.15) is 0 Å². The van der Waals surface area contributed by atoms with E-state index >= 15 is 0 Å². The molecule has 5 heteroatoms. The fourth-order valence-electron chi connectivity index (χ4n) is 1.68. The van der Waals surface area contributed by atoms with E-state index in [4.69, 9.17) is 5.73 Å². The van der Waals surface area contributed by atoms with Gasteiger partial charge < -0.3 is 16.4 Å². The second kappa shape index (κ2) is 7.08. The highest BCUT2D eigenvalue weighted by Gasteiger charge is 2.07. The quantitative estimate of drug-likeness (QED) is 0.742. The minimum absolute atomic E-state index is 0.159. The lowest BCUT2D eigenvalue weighted by molar-refractivity contribution is 0.262. The Morgan fingerprint density at radius 1 is 1.14 bits per heavy atom. The maximum Gasteiger partial charge on any atom is 0.323 e. The Bertz CT molecular complexity index is 690. The second-order valence-corrected chi connectivity index (χ2v) is 4.14. The molecular formula is C16H14FN3O. The lowest BCUT2D eigenvalue weighted by atomic mass is 10.1. The van der Waals surface area contributed by atoms with Crippen LogP contribution in [-0.4, -0.2) is 12.6 Å². The third-order valence-electron chi connectivity index (χ3n) is 2.59. The standard InChI is InChI=1S/C16H14FN3O/c17-13-8-9-15(12(11-13)5-4-10-18)20-16(21)19-14-6-2-1-3-7-14/h1-3,6-9,11H,10,18H2,(H2,19,20,21). The van der Waals surface area contributed by atoms with Gasteiger partial charge in [0, 0.05) is 5.69 Å². The average Bonchev–Trinajstić information content (AvgIpc) is 2.48. The molecule has 2 rings (SSSR count). The molecule has 0 aliphatic carbocycles. The molecule has 2 amide bonds. The molecule has 0 radical (unpaired) electrons. The number of hydrogen-bond donors (Lipinski definition) is 3. The lowest BCUT2D eigenvalue weighted by Crippen LogP contribution is -2.20. The van der Waals surface area contributed by atoms with Crippen molar-refractivity contribution in [1.29, 1.82) is 0 Å². The summed E-state index contributed by atoms with van der Waals surface area (Å²) in [6.07, 6.45) is 0. The van der Waals surface area contributed by atoms with Crippen LogP contribution in [0.2, 0.25) is 0 Å². The number of halogens is 1. The molecule has 0 saturated heterocycles. The molecule has 2 aromatic carbocycles. The third-order valence-corrected chi connectivity index (χ3v) is 2.59. The number of hydrogen-bond acceptors (Lipinski definition) is 2. The zero-order chi connectivity index (χ0) is 15.1. The maximum absolute atomic E-state index is 13.2. The number of nitrogens with two attached hydrogens (primary N) is 1. The Morgan fingerprint density at radius 2 is 1.90 bits per heavy atom. The van der Waals surface area contributed by atoms with Crippen molar-refractivity contribution in [2.75, 3.05) is 17.2 Å². The van der Waals surface area contributed by atoms with E-state index in [9.17, 15) is 9.18 Å². The van der Waals surface area contributed by atoms with E-state index in [1.54, 1.807) is 12.1 Å². The molecule has 0 bridgehead atoms. The highest BCUT2D eigenvalue weighted by molar-refractivity contribution is 6.00. The van der Waals surface area contributed by atoms with E-state index in [2.05, 4.69) is 22.5 Å². The van der Waals surface area contributed by atoms with Gasteiger partial charge in [0.1, 0.15) is 5.82 Å². The van der Waals surface area contributed by atoms with Gasteiger partial charge in [-0.15, -0.1) is 0 Å². The molecule has 0 atom stereocenters. The number of carbonyl (C=O) groups excluding carboxylic acids is 1. The van der Waals surface area contributed by atoms with Crippen LogP contribution in [-0.2, 0) is 0 Å². The summed E-state index contributed by atoms with van der Waals surface area (Å²) in [7, 11) is 0. The van der Waals surface area contributed by atoms with Gasteiger partial charge in [-0.3, -0.25) is 0 Å². The summed E-state index contributed by atoms with van der Waals surface area (Å²) in [5, 5.41) is 5.31. The van der Waals surface area contributed by atoms with Crippen LogP contribution in [0.4, 0.5) is 20.6 Å². The van der Waals surface area contributed by atoms with E-state index in [0.717, 1.165) is 0 Å². The number of benzene rings is 2. The molecule has 0 saturated carbocycles. The Morgan fingerprint density at radius 3 is 2.62 bits per heavy atom. The van der Waals surface area contributed by atoms with Crippen LogP contribution in [0.1, 0.15) is 5.56 Å². The van der Waals surface area contributed by atoms with Crippen LogP contribution in [0.3, 0.4) is 0 Å². The zero-order valence-electron chi connectivity index (χ0n) is 11.2. The molecule has 0 unspecified atom stereocenters. The van der Waals surface area contributed by atoms with Crippen LogP contribution in [0.25, 0.3) is 0 Å². The summed E-state index contributed by atoms with van der Waals surface area (Å²) < 4.78 is 13.2. The summed E-state index contributed by atoms with van der Waals surface area (Å²) in [5.74, 6) is 4.93. The Kier molecular flexibility index (Phi) is 4.91. The van der Waals surface area contributed by atoms with E-state index in [1.807, 2.05) is 18.2 Å². The van der Waals surface area contributed by atoms with Crippen molar-refractivity contribution in [3.63, 3.8) is 0 Å². The molecule has 0 heterocycles. The monoisotopic (exact) mass is 283 g/mol. The number of rotatable bonds is 2. The number of para-hydroxylation sites is 1. The predicted octanol–water partition coefficient (Wildman–Crippen LogP) is 2.78. The second-order valence-electron chi connectivity index (χ2n) is 4.14. The summed E-state index contributed by atoms with van der Waals surface area (Å²) in [6, 6.07) is 12.5. The van der Waals surface area contributed by atoms with Gasteiger partial charge in [0.25, 0.3) is 0 Å². The summed E-state index contributed by atoms with van der Waals surface area (Å²) >= 11 is 0. The van der Waals surface area contributed by atoms with Gasteiger partial charge in [0.05, 0.1) is 17.8 Å². The van der Waals surface area contributed by atoms with Crippen molar-refractivity contribution >= 4 is 17.4 Å². The molecule has 0 fully saturated rings. The molecule has 0 aromatic heterocycles. The first-order valence-electron chi connectivity index (χ1n) is 6.30. The van der Waals surface area contributed by atoms with Crippen molar-refractivity contribution < 1.29 is 9.18 Å². The first kappa shape index (κ1) is 14.6. The van der Waals surface area contributed by atoms with E-state index in [1.165, 1.54) is 18.2 Å². The van der Waals surface area contributed by atoms with Crippen LogP contribution < -0.4 is 16.4 Å². The van der Waals surface area contributed by atoms with Crippen molar-refractivity contribution in [2.24, 2.45) is 5.73 Å². The summed E-state index contributed by atoms with van der Waals surface area (Å²) in [6.45, 7) is 0.159. The largest absolute Gasteiger partial charge is 0.323 e. The molecule has 0 aliphatic rings. The minimum atomic E-state index is -0.427. The molecule has 0 spiro atoms. The molecule has 0 aliphatic heterocycles. The van der Waals surface area contributed by atoms with Gasteiger partial charge in [0.2, 0.25) is 0 Å². The van der Waals surface area contributed by atoms with Crippen molar-refractivity contribution in [3.8, 4) is 11.8 Å². The van der Waals surface area contributed by atoms with Gasteiger partial charge in [-0.25, -0.2) is 9.18 Å². The smallest absolute Gasteiger partial charge is 0.320 e. The van der Waals surface area contributed by atoms with Crippen LogP contribution in [0, 0.1) is 17.7 Å². The molecule has 21 heavy (non-hydrogen) atoms. The Labute approximate surface area is 122 Å². The van der Waals surface area contributed by atoms with Crippen LogP contribution >= 0.6 is 0 Å². The minimum Gasteiger partial charge on any atom is -0.320 e. The van der Waals surface area contributed by atoms with Gasteiger partial charge in [-0.05, 0) is 30.3 Å². The van der Waals surface area contributed by atoms with Crippen LogP contribution in [0.15, 0.2) is 48.5 Å². The van der Waals surface area contributed by atoms with E-state index in [-0.39, 0.29) is 6.54 Å². The maximum atomic E-state index is 13.2. The number of nitrogens with one attached hydrogen (secondary N) is 2. The number of carbonyl (C=O) groups is 1. The van der Waals surface area contributed by atoms with Gasteiger partial charge in [0.15, 0.2) is 0 Å². The van der Waals surface area contributed by atoms with Gasteiger partial charge >= 0.3 is 6.03 Å². The molecule has 4 N–H and O–H groups in total.